The van der Waals surface area contributed by atoms with Crippen LogP contribution in [0.5, 0.6) is 0 Å². The Hall–Kier alpha value is -1.55. The van der Waals surface area contributed by atoms with Gasteiger partial charge in [-0.1, -0.05) is 68.3 Å². The molecule has 0 saturated heterocycles. The fraction of sp³-hybridized carbons (Fsp3) is 0.0769. The Kier molecular flexibility index (Phi) is 12.7. The number of hydrogen-bond acceptors (Lipinski definition) is 6. The summed E-state index contributed by atoms with van der Waals surface area (Å²) in [4.78, 5) is 0.510. The lowest BCUT2D eigenvalue weighted by Crippen LogP contribution is -2.29. The molecule has 0 amide bonds. The Labute approximate surface area is 254 Å². The molecule has 0 bridgehead atoms. The number of rotatable bonds is 4. The molecule has 0 unspecified atom stereocenters. The van der Waals surface area contributed by atoms with Crippen molar-refractivity contribution in [3.05, 3.63) is 110 Å². The predicted molar refractivity (Wildman–Crippen MR) is 169 cm³/mol. The summed E-state index contributed by atoms with van der Waals surface area (Å²) in [6, 6.07) is 28.4. The third-order valence-corrected chi connectivity index (χ3v) is 8.90. The first kappa shape index (κ1) is 32.7. The summed E-state index contributed by atoms with van der Waals surface area (Å²) in [5, 5.41) is 17.4. The second-order valence-electron chi connectivity index (χ2n) is 7.95. The van der Waals surface area contributed by atoms with Gasteiger partial charge in [0.1, 0.15) is 0 Å². The summed E-state index contributed by atoms with van der Waals surface area (Å²) in [5.74, 6) is 0. The molecule has 0 fully saturated rings. The first-order valence-corrected chi connectivity index (χ1v) is 17.2. The van der Waals surface area contributed by atoms with Crippen LogP contribution >= 0.6 is 54.5 Å². The minimum Gasteiger partial charge on any atom is -0.423 e. The predicted octanol–water partition coefficient (Wildman–Crippen LogP) is 5.34. The van der Waals surface area contributed by atoms with E-state index in [1.54, 1.807) is 12.1 Å². The van der Waals surface area contributed by atoms with Gasteiger partial charge in [0.15, 0.2) is 19.7 Å². The SMILES string of the molecule is Brc1ccc(I)cc1.CS(=O)(=O)c1ccc(-c2ccc(Br)cc2)cc1.CS(=O)(=O)c1ccc(B(O)O)cc1. The quantitative estimate of drug-likeness (QED) is 0.214. The third kappa shape index (κ3) is 11.3. The van der Waals surface area contributed by atoms with Gasteiger partial charge in [0.25, 0.3) is 0 Å². The van der Waals surface area contributed by atoms with Crippen LogP contribution in [0.15, 0.2) is 116 Å². The molecular formula is C26H24BBr2IO6S2. The molecule has 200 valence electrons. The van der Waals surface area contributed by atoms with Gasteiger partial charge in [-0.05, 0) is 99.8 Å². The molecule has 0 saturated carbocycles. The van der Waals surface area contributed by atoms with Crippen molar-refractivity contribution in [1.29, 1.82) is 0 Å². The van der Waals surface area contributed by atoms with Gasteiger partial charge in [0, 0.05) is 25.0 Å². The summed E-state index contributed by atoms with van der Waals surface area (Å²) in [7, 11) is -7.89. The molecule has 2 N–H and O–H groups in total. The molecule has 0 aliphatic heterocycles. The highest BCUT2D eigenvalue weighted by Gasteiger charge is 2.12. The highest BCUT2D eigenvalue weighted by Crippen LogP contribution is 2.23. The van der Waals surface area contributed by atoms with Crippen LogP contribution in [-0.4, -0.2) is 46.5 Å². The Morgan fingerprint density at radius 3 is 1.21 bits per heavy atom. The van der Waals surface area contributed by atoms with Crippen LogP contribution in [0.4, 0.5) is 0 Å². The Bertz CT molecular complexity index is 1510. The van der Waals surface area contributed by atoms with E-state index in [0.717, 1.165) is 26.3 Å². The molecule has 0 aliphatic carbocycles. The Balaban J connectivity index is 0.000000214. The zero-order valence-electron chi connectivity index (χ0n) is 20.3. The number of benzene rings is 4. The monoisotopic (exact) mass is 792 g/mol. The molecule has 4 rings (SSSR count). The molecule has 0 atom stereocenters. The van der Waals surface area contributed by atoms with Crippen molar-refractivity contribution in [2.75, 3.05) is 12.5 Å². The van der Waals surface area contributed by atoms with Crippen molar-refractivity contribution in [1.82, 2.24) is 0 Å². The van der Waals surface area contributed by atoms with Crippen LogP contribution in [0, 0.1) is 3.57 Å². The minimum atomic E-state index is -3.21. The molecule has 0 radical (unpaired) electrons. The molecule has 0 aliphatic rings. The summed E-state index contributed by atoms with van der Waals surface area (Å²) in [6.07, 6.45) is 2.30. The standard InChI is InChI=1S/C13H11BrO2S.C7H9BO4S.C6H4BrI/c1-17(15,16)13-8-4-11(5-9-13)10-2-6-12(14)7-3-10;1-13(11,12)7-4-2-6(3-5-7)8(9)10;7-5-1-3-6(8)4-2-5/h2-9H,1H3;2-5,9-10H,1H3;1-4H. The Morgan fingerprint density at radius 1 is 0.579 bits per heavy atom. The zero-order valence-corrected chi connectivity index (χ0v) is 27.3. The second-order valence-corrected chi connectivity index (χ2v) is 15.1. The number of sulfone groups is 2. The summed E-state index contributed by atoms with van der Waals surface area (Å²) < 4.78 is 48.0. The highest BCUT2D eigenvalue weighted by atomic mass is 127. The van der Waals surface area contributed by atoms with E-state index in [4.69, 9.17) is 10.0 Å². The average molecular weight is 794 g/mol. The van der Waals surface area contributed by atoms with Crippen molar-refractivity contribution in [2.24, 2.45) is 0 Å². The van der Waals surface area contributed by atoms with Crippen LogP contribution in [0.3, 0.4) is 0 Å². The van der Waals surface area contributed by atoms with Crippen molar-refractivity contribution >= 4 is 86.7 Å². The Morgan fingerprint density at radius 2 is 0.895 bits per heavy atom. The molecule has 6 nitrogen and oxygen atoms in total. The maximum Gasteiger partial charge on any atom is 0.488 e. The third-order valence-electron chi connectivity index (χ3n) is 4.87. The van der Waals surface area contributed by atoms with Crippen molar-refractivity contribution < 1.29 is 26.9 Å². The van der Waals surface area contributed by atoms with Crippen LogP contribution < -0.4 is 5.46 Å². The van der Waals surface area contributed by atoms with Gasteiger partial charge in [0.05, 0.1) is 9.79 Å². The first-order chi connectivity index (χ1) is 17.7. The first-order valence-electron chi connectivity index (χ1n) is 10.8. The molecule has 0 heterocycles. The van der Waals surface area contributed by atoms with Crippen LogP contribution in [0.25, 0.3) is 11.1 Å². The molecular weight excluding hydrogens is 770 g/mol. The molecule has 38 heavy (non-hydrogen) atoms. The van der Waals surface area contributed by atoms with Gasteiger partial charge >= 0.3 is 7.12 Å². The second kappa shape index (κ2) is 14.7. The van der Waals surface area contributed by atoms with E-state index in [9.17, 15) is 16.8 Å². The van der Waals surface area contributed by atoms with E-state index in [1.807, 2.05) is 48.5 Å². The van der Waals surface area contributed by atoms with E-state index in [1.165, 1.54) is 34.1 Å². The van der Waals surface area contributed by atoms with E-state index >= 15 is 0 Å². The van der Waals surface area contributed by atoms with E-state index in [-0.39, 0.29) is 10.4 Å². The van der Waals surface area contributed by atoms with Gasteiger partial charge in [-0.2, -0.15) is 0 Å². The van der Waals surface area contributed by atoms with Crippen molar-refractivity contribution in [3.8, 4) is 11.1 Å². The lowest BCUT2D eigenvalue weighted by atomic mass is 9.81. The molecule has 12 heteroatoms. The van der Waals surface area contributed by atoms with E-state index in [0.29, 0.717) is 4.90 Å². The number of halogens is 3. The summed E-state index contributed by atoms with van der Waals surface area (Å²) in [6.45, 7) is 0. The van der Waals surface area contributed by atoms with Gasteiger partial charge < -0.3 is 10.0 Å². The lowest BCUT2D eigenvalue weighted by Gasteiger charge is -2.03. The van der Waals surface area contributed by atoms with Crippen LogP contribution in [0.1, 0.15) is 0 Å². The molecule has 4 aromatic carbocycles. The highest BCUT2D eigenvalue weighted by molar-refractivity contribution is 14.1. The summed E-state index contributed by atoms with van der Waals surface area (Å²) >= 11 is 8.99. The van der Waals surface area contributed by atoms with Crippen molar-refractivity contribution in [2.45, 2.75) is 9.79 Å². The fourth-order valence-electron chi connectivity index (χ4n) is 2.85. The van der Waals surface area contributed by atoms with E-state index in [2.05, 4.69) is 66.6 Å². The molecule has 0 spiro atoms. The molecule has 0 aromatic heterocycles. The van der Waals surface area contributed by atoms with Gasteiger partial charge in [-0.25, -0.2) is 16.8 Å². The van der Waals surface area contributed by atoms with Gasteiger partial charge in [-0.3, -0.25) is 0 Å². The summed E-state index contributed by atoms with van der Waals surface area (Å²) in [5.41, 5.74) is 2.34. The zero-order chi connectivity index (χ0) is 28.5. The number of hydrogen-bond donors (Lipinski definition) is 2. The van der Waals surface area contributed by atoms with Crippen molar-refractivity contribution in [3.63, 3.8) is 0 Å². The normalized spacial score (nSPS) is 10.9. The van der Waals surface area contributed by atoms with Crippen LogP contribution in [0.2, 0.25) is 0 Å². The average Bonchev–Trinajstić information content (AvgIpc) is 2.86. The minimum absolute atomic E-state index is 0.164. The van der Waals surface area contributed by atoms with Gasteiger partial charge in [-0.15, -0.1) is 0 Å². The smallest absolute Gasteiger partial charge is 0.423 e. The fourth-order valence-corrected chi connectivity index (χ4v) is 5.00. The molecule has 4 aromatic rings. The van der Waals surface area contributed by atoms with Crippen LogP contribution in [-0.2, 0) is 19.7 Å². The lowest BCUT2D eigenvalue weighted by molar-refractivity contribution is 0.425. The maximum atomic E-state index is 11.3. The maximum absolute atomic E-state index is 11.3. The van der Waals surface area contributed by atoms with Gasteiger partial charge in [0.2, 0.25) is 0 Å². The largest absolute Gasteiger partial charge is 0.488 e. The van der Waals surface area contributed by atoms with E-state index < -0.39 is 26.8 Å². The topological polar surface area (TPSA) is 109 Å².